The van der Waals surface area contributed by atoms with Gasteiger partial charge in [-0.15, -0.1) is 0 Å². The molecule has 0 aromatic carbocycles. The Morgan fingerprint density at radius 1 is 1.80 bits per heavy atom. The Balaban J connectivity index is 2.68. The molecule has 1 atom stereocenters. The van der Waals surface area contributed by atoms with Crippen molar-refractivity contribution in [2.45, 2.75) is 12.5 Å². The molecule has 0 N–H and O–H groups in total. The van der Waals surface area contributed by atoms with Gasteiger partial charge in [-0.2, -0.15) is 0 Å². The van der Waals surface area contributed by atoms with E-state index in [2.05, 4.69) is 4.74 Å². The highest BCUT2D eigenvalue weighted by molar-refractivity contribution is 5.81. The first-order valence-electron chi connectivity index (χ1n) is 3.09. The van der Waals surface area contributed by atoms with E-state index < -0.39 is 5.60 Å². The highest BCUT2D eigenvalue weighted by Gasteiger charge is 2.34. The van der Waals surface area contributed by atoms with Crippen molar-refractivity contribution in [2.24, 2.45) is 0 Å². The van der Waals surface area contributed by atoms with Crippen LogP contribution in [0.2, 0.25) is 0 Å². The predicted octanol–water partition coefficient (Wildman–Crippen LogP) is 0.504. The number of esters is 1. The van der Waals surface area contributed by atoms with Crippen molar-refractivity contribution in [1.82, 2.24) is 0 Å². The predicted molar refractivity (Wildman–Crippen MR) is 35.5 cm³/mol. The van der Waals surface area contributed by atoms with Gasteiger partial charge in [0.1, 0.15) is 0 Å². The second-order valence-corrected chi connectivity index (χ2v) is 2.31. The van der Waals surface area contributed by atoms with Crippen LogP contribution in [0.1, 0.15) is 6.92 Å². The third kappa shape index (κ3) is 1.04. The first-order chi connectivity index (χ1) is 4.69. The highest BCUT2D eigenvalue weighted by Crippen LogP contribution is 2.19. The zero-order valence-corrected chi connectivity index (χ0v) is 6.09. The minimum absolute atomic E-state index is 0.346. The van der Waals surface area contributed by atoms with Gasteiger partial charge >= 0.3 is 5.97 Å². The Morgan fingerprint density at radius 3 is 2.90 bits per heavy atom. The SMILES string of the molecule is COC(=O)C1(C)C=CCO1. The lowest BCUT2D eigenvalue weighted by Crippen LogP contribution is -2.34. The lowest BCUT2D eigenvalue weighted by Gasteiger charge is -2.17. The molecule has 10 heavy (non-hydrogen) atoms. The van der Waals surface area contributed by atoms with Crippen LogP contribution in [0.25, 0.3) is 0 Å². The molecule has 1 heterocycles. The van der Waals surface area contributed by atoms with Gasteiger partial charge in [0, 0.05) is 0 Å². The first kappa shape index (κ1) is 7.28. The summed E-state index contributed by atoms with van der Waals surface area (Å²) in [5.74, 6) is -0.346. The minimum Gasteiger partial charge on any atom is -0.467 e. The van der Waals surface area contributed by atoms with Crippen molar-refractivity contribution < 1.29 is 14.3 Å². The number of carbonyl (C=O) groups excluding carboxylic acids is 1. The Labute approximate surface area is 59.6 Å². The fourth-order valence-corrected chi connectivity index (χ4v) is 0.872. The second-order valence-electron chi connectivity index (χ2n) is 2.31. The lowest BCUT2D eigenvalue weighted by atomic mass is 10.1. The van der Waals surface area contributed by atoms with Gasteiger partial charge < -0.3 is 9.47 Å². The molecule has 1 aliphatic heterocycles. The number of ether oxygens (including phenoxy) is 2. The quantitative estimate of drug-likeness (QED) is 0.395. The lowest BCUT2D eigenvalue weighted by molar-refractivity contribution is -0.158. The van der Waals surface area contributed by atoms with Crippen molar-refractivity contribution >= 4 is 5.97 Å². The van der Waals surface area contributed by atoms with Crippen LogP contribution < -0.4 is 0 Å². The fraction of sp³-hybridized carbons (Fsp3) is 0.571. The maximum Gasteiger partial charge on any atom is 0.341 e. The van der Waals surface area contributed by atoms with E-state index in [1.54, 1.807) is 19.1 Å². The maximum atomic E-state index is 10.9. The second kappa shape index (κ2) is 2.42. The van der Waals surface area contributed by atoms with Crippen LogP contribution in [0.4, 0.5) is 0 Å². The largest absolute Gasteiger partial charge is 0.467 e. The van der Waals surface area contributed by atoms with E-state index in [0.717, 1.165) is 0 Å². The summed E-state index contributed by atoms with van der Waals surface area (Å²) in [5.41, 5.74) is -0.839. The van der Waals surface area contributed by atoms with E-state index in [4.69, 9.17) is 4.74 Å². The molecule has 0 aromatic heterocycles. The van der Waals surface area contributed by atoms with E-state index in [9.17, 15) is 4.79 Å². The van der Waals surface area contributed by atoms with Gasteiger partial charge in [-0.1, -0.05) is 6.08 Å². The smallest absolute Gasteiger partial charge is 0.341 e. The number of hydrogen-bond acceptors (Lipinski definition) is 3. The van der Waals surface area contributed by atoms with Gasteiger partial charge in [-0.3, -0.25) is 0 Å². The van der Waals surface area contributed by atoms with Crippen LogP contribution in [0.5, 0.6) is 0 Å². The van der Waals surface area contributed by atoms with Gasteiger partial charge in [-0.05, 0) is 13.0 Å². The molecule has 0 spiro atoms. The normalized spacial score (nSPS) is 30.6. The van der Waals surface area contributed by atoms with Crippen LogP contribution in [0, 0.1) is 0 Å². The highest BCUT2D eigenvalue weighted by atomic mass is 16.6. The van der Waals surface area contributed by atoms with E-state index >= 15 is 0 Å². The molecule has 0 saturated heterocycles. The molecular weight excluding hydrogens is 132 g/mol. The van der Waals surface area contributed by atoms with Crippen LogP contribution in [-0.4, -0.2) is 25.3 Å². The third-order valence-corrected chi connectivity index (χ3v) is 1.51. The Morgan fingerprint density at radius 2 is 2.50 bits per heavy atom. The number of rotatable bonds is 1. The summed E-state index contributed by atoms with van der Waals surface area (Å²) in [7, 11) is 1.35. The minimum atomic E-state index is -0.839. The monoisotopic (exact) mass is 142 g/mol. The van der Waals surface area contributed by atoms with Crippen molar-refractivity contribution in [3.05, 3.63) is 12.2 Å². The molecule has 0 amide bonds. The van der Waals surface area contributed by atoms with Crippen LogP contribution in [0.3, 0.4) is 0 Å². The number of carbonyl (C=O) groups is 1. The van der Waals surface area contributed by atoms with Crippen molar-refractivity contribution in [2.75, 3.05) is 13.7 Å². The maximum absolute atomic E-state index is 10.9. The Bertz CT molecular complexity index is 174. The molecule has 0 aromatic rings. The molecule has 0 aliphatic carbocycles. The Kier molecular flexibility index (Phi) is 1.76. The van der Waals surface area contributed by atoms with Crippen molar-refractivity contribution in [3.63, 3.8) is 0 Å². The zero-order chi connectivity index (χ0) is 7.61. The molecule has 0 radical (unpaired) electrons. The molecule has 0 bridgehead atoms. The average Bonchev–Trinajstić information content (AvgIpc) is 2.36. The number of methoxy groups -OCH3 is 1. The van der Waals surface area contributed by atoms with Crippen molar-refractivity contribution in [3.8, 4) is 0 Å². The van der Waals surface area contributed by atoms with E-state index in [-0.39, 0.29) is 5.97 Å². The molecule has 1 rings (SSSR count). The number of hydrogen-bond donors (Lipinski definition) is 0. The van der Waals surface area contributed by atoms with E-state index in [1.165, 1.54) is 7.11 Å². The summed E-state index contributed by atoms with van der Waals surface area (Å²) >= 11 is 0. The summed E-state index contributed by atoms with van der Waals surface area (Å²) in [6.07, 6.45) is 3.51. The third-order valence-electron chi connectivity index (χ3n) is 1.51. The van der Waals surface area contributed by atoms with E-state index in [1.807, 2.05) is 0 Å². The van der Waals surface area contributed by atoms with Gasteiger partial charge in [0.25, 0.3) is 0 Å². The molecule has 1 unspecified atom stereocenters. The fourth-order valence-electron chi connectivity index (χ4n) is 0.872. The topological polar surface area (TPSA) is 35.5 Å². The van der Waals surface area contributed by atoms with Crippen molar-refractivity contribution in [1.29, 1.82) is 0 Å². The summed E-state index contributed by atoms with van der Waals surface area (Å²) in [6.45, 7) is 2.17. The summed E-state index contributed by atoms with van der Waals surface area (Å²) in [4.78, 5) is 10.9. The zero-order valence-electron chi connectivity index (χ0n) is 6.09. The van der Waals surface area contributed by atoms with Gasteiger partial charge in [0.15, 0.2) is 5.60 Å². The van der Waals surface area contributed by atoms with E-state index in [0.29, 0.717) is 6.61 Å². The average molecular weight is 142 g/mol. The van der Waals surface area contributed by atoms with Gasteiger partial charge in [0.05, 0.1) is 13.7 Å². The van der Waals surface area contributed by atoms with Gasteiger partial charge in [-0.25, -0.2) is 4.79 Å². The molecule has 3 heteroatoms. The Hall–Kier alpha value is -0.830. The van der Waals surface area contributed by atoms with Crippen LogP contribution in [0.15, 0.2) is 12.2 Å². The van der Waals surface area contributed by atoms with Gasteiger partial charge in [0.2, 0.25) is 0 Å². The summed E-state index contributed by atoms with van der Waals surface area (Å²) in [5, 5.41) is 0. The molecule has 1 aliphatic rings. The molecular formula is C7H10O3. The van der Waals surface area contributed by atoms with Crippen LogP contribution in [-0.2, 0) is 14.3 Å². The molecule has 3 nitrogen and oxygen atoms in total. The van der Waals surface area contributed by atoms with Crippen LogP contribution >= 0.6 is 0 Å². The first-order valence-corrected chi connectivity index (χ1v) is 3.09. The molecule has 0 fully saturated rings. The molecule has 0 saturated carbocycles. The summed E-state index contributed by atoms with van der Waals surface area (Å²) in [6, 6.07) is 0. The standard InChI is InChI=1S/C7H10O3/c1-7(6(8)9-2)4-3-5-10-7/h3-4H,5H2,1-2H3. The summed E-state index contributed by atoms with van der Waals surface area (Å²) < 4.78 is 9.63. The molecule has 56 valence electrons.